The molecule has 1 saturated heterocycles. The van der Waals surface area contributed by atoms with Crippen LogP contribution in [0.3, 0.4) is 0 Å². The number of amides is 1. The van der Waals surface area contributed by atoms with Crippen molar-refractivity contribution in [3.05, 3.63) is 40.5 Å². The van der Waals surface area contributed by atoms with Gasteiger partial charge in [0.1, 0.15) is 11.3 Å². The Labute approximate surface area is 144 Å². The number of carbonyl (C=O) groups excluding carboxylic acids is 1. The summed E-state index contributed by atoms with van der Waals surface area (Å²) in [7, 11) is 1.60. The van der Waals surface area contributed by atoms with Gasteiger partial charge in [-0.25, -0.2) is 0 Å². The summed E-state index contributed by atoms with van der Waals surface area (Å²) in [5.74, 6) is 1.54. The third-order valence-electron chi connectivity index (χ3n) is 4.23. The summed E-state index contributed by atoms with van der Waals surface area (Å²) >= 11 is 6.04. The standard InChI is InChI=1S/C16H19ClN4O3/c1-10(22)21-6-5-16(18,9-21)15-19-14(20-24-15)8-11-7-12(17)3-4-13(11)23-2/h3-4,7H,5-6,8-9,18H2,1-2H3. The maximum Gasteiger partial charge on any atom is 0.248 e. The van der Waals surface area contributed by atoms with Crippen molar-refractivity contribution in [2.45, 2.75) is 25.3 Å². The molecule has 1 aromatic heterocycles. The van der Waals surface area contributed by atoms with Crippen molar-refractivity contribution >= 4 is 17.5 Å². The highest BCUT2D eigenvalue weighted by Gasteiger charge is 2.41. The highest BCUT2D eigenvalue weighted by molar-refractivity contribution is 6.30. The van der Waals surface area contributed by atoms with Crippen LogP contribution in [0.2, 0.25) is 5.02 Å². The van der Waals surface area contributed by atoms with Crippen LogP contribution in [0.15, 0.2) is 22.7 Å². The smallest absolute Gasteiger partial charge is 0.248 e. The highest BCUT2D eigenvalue weighted by Crippen LogP contribution is 2.29. The maximum absolute atomic E-state index is 11.5. The Bertz CT molecular complexity index is 764. The number of likely N-dealkylation sites (tertiary alicyclic amines) is 1. The fourth-order valence-electron chi connectivity index (χ4n) is 2.86. The number of nitrogens with two attached hydrogens (primary N) is 1. The predicted octanol–water partition coefficient (Wildman–Crippen LogP) is 1.73. The summed E-state index contributed by atoms with van der Waals surface area (Å²) in [6.45, 7) is 2.49. The van der Waals surface area contributed by atoms with Gasteiger partial charge in [-0.1, -0.05) is 16.8 Å². The van der Waals surface area contributed by atoms with Gasteiger partial charge >= 0.3 is 0 Å². The summed E-state index contributed by atoms with van der Waals surface area (Å²) in [5.41, 5.74) is 6.42. The molecule has 1 aromatic carbocycles. The van der Waals surface area contributed by atoms with Crippen molar-refractivity contribution in [2.24, 2.45) is 5.73 Å². The molecule has 24 heavy (non-hydrogen) atoms. The molecule has 1 aliphatic heterocycles. The molecule has 0 bridgehead atoms. The maximum atomic E-state index is 11.5. The first kappa shape index (κ1) is 16.7. The van der Waals surface area contributed by atoms with E-state index in [0.717, 1.165) is 5.56 Å². The molecule has 1 fully saturated rings. The van der Waals surface area contributed by atoms with Gasteiger partial charge in [-0.15, -0.1) is 0 Å². The van der Waals surface area contributed by atoms with E-state index >= 15 is 0 Å². The normalized spacial score (nSPS) is 20.4. The molecule has 2 aromatic rings. The topological polar surface area (TPSA) is 94.5 Å². The number of carbonyl (C=O) groups is 1. The molecule has 0 spiro atoms. The monoisotopic (exact) mass is 350 g/mol. The zero-order valence-electron chi connectivity index (χ0n) is 13.6. The second-order valence-corrected chi connectivity index (χ2v) is 6.43. The van der Waals surface area contributed by atoms with E-state index < -0.39 is 5.54 Å². The Kier molecular flexibility index (Phi) is 4.47. The summed E-state index contributed by atoms with van der Waals surface area (Å²) in [6.07, 6.45) is 1.01. The van der Waals surface area contributed by atoms with Crippen LogP contribution in [0.25, 0.3) is 0 Å². The van der Waals surface area contributed by atoms with Crippen LogP contribution >= 0.6 is 11.6 Å². The fourth-order valence-corrected chi connectivity index (χ4v) is 3.05. The molecule has 1 aliphatic rings. The summed E-state index contributed by atoms with van der Waals surface area (Å²) < 4.78 is 10.7. The van der Waals surface area contributed by atoms with E-state index in [4.69, 9.17) is 26.6 Å². The second kappa shape index (κ2) is 6.41. The Morgan fingerprint density at radius 3 is 3.00 bits per heavy atom. The van der Waals surface area contributed by atoms with Crippen LogP contribution in [-0.2, 0) is 16.8 Å². The lowest BCUT2D eigenvalue weighted by Gasteiger charge is -2.19. The molecular formula is C16H19ClN4O3. The SMILES string of the molecule is COc1ccc(Cl)cc1Cc1noc(C2(N)CCN(C(C)=O)C2)n1. The van der Waals surface area contributed by atoms with E-state index in [-0.39, 0.29) is 5.91 Å². The molecule has 8 heteroatoms. The Hall–Kier alpha value is -2.12. The number of nitrogens with zero attached hydrogens (tertiary/aromatic N) is 3. The first-order chi connectivity index (χ1) is 11.4. The van der Waals surface area contributed by atoms with Crippen LogP contribution < -0.4 is 10.5 Å². The lowest BCUT2D eigenvalue weighted by molar-refractivity contribution is -0.128. The van der Waals surface area contributed by atoms with Gasteiger partial charge < -0.3 is 19.9 Å². The number of halogens is 1. The average Bonchev–Trinajstić information content (AvgIpc) is 3.16. The van der Waals surface area contributed by atoms with E-state index in [1.165, 1.54) is 6.92 Å². The van der Waals surface area contributed by atoms with Crippen molar-refractivity contribution in [2.75, 3.05) is 20.2 Å². The van der Waals surface area contributed by atoms with E-state index in [1.54, 1.807) is 24.1 Å². The zero-order chi connectivity index (χ0) is 17.3. The lowest BCUT2D eigenvalue weighted by Crippen LogP contribution is -2.41. The number of hydrogen-bond acceptors (Lipinski definition) is 6. The first-order valence-electron chi connectivity index (χ1n) is 7.61. The molecule has 3 rings (SSSR count). The van der Waals surface area contributed by atoms with Crippen molar-refractivity contribution in [1.82, 2.24) is 15.0 Å². The first-order valence-corrected chi connectivity index (χ1v) is 7.99. The summed E-state index contributed by atoms with van der Waals surface area (Å²) in [4.78, 5) is 17.6. The van der Waals surface area contributed by atoms with E-state index in [9.17, 15) is 4.79 Å². The van der Waals surface area contributed by atoms with Gasteiger partial charge in [0.2, 0.25) is 11.8 Å². The summed E-state index contributed by atoms with van der Waals surface area (Å²) in [5, 5.41) is 4.62. The van der Waals surface area contributed by atoms with Crippen molar-refractivity contribution < 1.29 is 14.1 Å². The molecule has 1 unspecified atom stereocenters. The Balaban J connectivity index is 1.79. The molecular weight excluding hydrogens is 332 g/mol. The van der Waals surface area contributed by atoms with Crippen LogP contribution in [0.4, 0.5) is 0 Å². The summed E-state index contributed by atoms with van der Waals surface area (Å²) in [6, 6.07) is 5.36. The molecule has 2 N–H and O–H groups in total. The van der Waals surface area contributed by atoms with Crippen molar-refractivity contribution in [3.63, 3.8) is 0 Å². The van der Waals surface area contributed by atoms with Gasteiger partial charge in [-0.2, -0.15) is 4.98 Å². The molecule has 1 atom stereocenters. The number of ether oxygens (including phenoxy) is 1. The zero-order valence-corrected chi connectivity index (χ0v) is 14.3. The molecule has 128 valence electrons. The van der Waals surface area contributed by atoms with Crippen LogP contribution in [0, 0.1) is 0 Å². The minimum absolute atomic E-state index is 0.00859. The van der Waals surface area contributed by atoms with Gasteiger partial charge in [0, 0.05) is 37.0 Å². The quantitative estimate of drug-likeness (QED) is 0.902. The molecule has 0 saturated carbocycles. The number of aromatic nitrogens is 2. The van der Waals surface area contributed by atoms with Gasteiger partial charge in [0.15, 0.2) is 5.82 Å². The molecule has 0 aliphatic carbocycles. The number of methoxy groups -OCH3 is 1. The largest absolute Gasteiger partial charge is 0.496 e. The Morgan fingerprint density at radius 2 is 2.33 bits per heavy atom. The number of rotatable bonds is 4. The van der Waals surface area contributed by atoms with Gasteiger partial charge in [-0.05, 0) is 24.6 Å². The van der Waals surface area contributed by atoms with Gasteiger partial charge in [-0.3, -0.25) is 4.79 Å². The fraction of sp³-hybridized carbons (Fsp3) is 0.438. The molecule has 1 amide bonds. The van der Waals surface area contributed by atoms with Crippen molar-refractivity contribution in [3.8, 4) is 5.75 Å². The van der Waals surface area contributed by atoms with E-state index in [0.29, 0.717) is 48.4 Å². The predicted molar refractivity (Wildman–Crippen MR) is 87.8 cm³/mol. The Morgan fingerprint density at radius 1 is 1.54 bits per heavy atom. The van der Waals surface area contributed by atoms with Crippen LogP contribution in [0.5, 0.6) is 5.75 Å². The third kappa shape index (κ3) is 3.22. The molecule has 0 radical (unpaired) electrons. The average molecular weight is 351 g/mol. The molecule has 2 heterocycles. The minimum atomic E-state index is -0.796. The van der Waals surface area contributed by atoms with Gasteiger partial charge in [0.25, 0.3) is 0 Å². The van der Waals surface area contributed by atoms with Gasteiger partial charge in [0.05, 0.1) is 7.11 Å². The van der Waals surface area contributed by atoms with Crippen LogP contribution in [-0.4, -0.2) is 41.1 Å². The van der Waals surface area contributed by atoms with Crippen LogP contribution in [0.1, 0.15) is 30.6 Å². The van der Waals surface area contributed by atoms with Crippen molar-refractivity contribution in [1.29, 1.82) is 0 Å². The number of benzene rings is 1. The third-order valence-corrected chi connectivity index (χ3v) is 4.47. The highest BCUT2D eigenvalue weighted by atomic mass is 35.5. The van der Waals surface area contributed by atoms with E-state index in [1.807, 2.05) is 6.07 Å². The van der Waals surface area contributed by atoms with E-state index in [2.05, 4.69) is 10.1 Å². The lowest BCUT2D eigenvalue weighted by atomic mass is 10.0. The minimum Gasteiger partial charge on any atom is -0.496 e. The number of hydrogen-bond donors (Lipinski definition) is 1. The molecule has 7 nitrogen and oxygen atoms in total. The second-order valence-electron chi connectivity index (χ2n) is 6.00.